The maximum Gasteiger partial charge on any atom is 0.235 e. The lowest BCUT2D eigenvalue weighted by Gasteiger charge is -2.15. The quantitative estimate of drug-likeness (QED) is 0.802. The van der Waals surface area contributed by atoms with Crippen molar-refractivity contribution in [1.82, 2.24) is 5.32 Å². The second kappa shape index (κ2) is 6.38. The maximum absolute atomic E-state index is 10.9. The summed E-state index contributed by atoms with van der Waals surface area (Å²) in [7, 11) is 0. The number of hydrogen-bond acceptors (Lipinski definition) is 2. The number of aryl methyl sites for hydroxylation is 1. The second-order valence-electron chi connectivity index (χ2n) is 3.68. The lowest BCUT2D eigenvalue weighted by Crippen LogP contribution is -2.34. The molecule has 1 aromatic rings. The third kappa shape index (κ3) is 4.53. The van der Waals surface area contributed by atoms with Crippen LogP contribution in [0.3, 0.4) is 0 Å². The highest BCUT2D eigenvalue weighted by Crippen LogP contribution is 2.12. The Morgan fingerprint density at radius 3 is 2.62 bits per heavy atom. The van der Waals surface area contributed by atoms with E-state index < -0.39 is 0 Å². The van der Waals surface area contributed by atoms with Crippen LogP contribution in [0.4, 0.5) is 0 Å². The van der Waals surface area contributed by atoms with Crippen molar-refractivity contribution in [2.24, 2.45) is 0 Å². The standard InChI is InChI=1S/C12H16ClNO2/c1-9-3-5-11(6-4-9)16-10(2)8-14-12(15)7-13/h3-6,10H,7-8H2,1-2H3,(H,14,15). The third-order valence-electron chi connectivity index (χ3n) is 2.07. The Balaban J connectivity index is 2.36. The summed E-state index contributed by atoms with van der Waals surface area (Å²) < 4.78 is 5.61. The normalized spacial score (nSPS) is 11.9. The number of alkyl halides is 1. The first-order valence-electron chi connectivity index (χ1n) is 5.18. The molecule has 1 atom stereocenters. The van der Waals surface area contributed by atoms with Gasteiger partial charge in [-0.3, -0.25) is 4.79 Å². The van der Waals surface area contributed by atoms with Crippen LogP contribution in [0.2, 0.25) is 0 Å². The molecule has 4 heteroatoms. The highest BCUT2D eigenvalue weighted by Gasteiger charge is 2.05. The fourth-order valence-corrected chi connectivity index (χ4v) is 1.29. The highest BCUT2D eigenvalue weighted by atomic mass is 35.5. The topological polar surface area (TPSA) is 38.3 Å². The Morgan fingerprint density at radius 1 is 1.44 bits per heavy atom. The number of amides is 1. The van der Waals surface area contributed by atoms with Gasteiger partial charge >= 0.3 is 0 Å². The lowest BCUT2D eigenvalue weighted by atomic mass is 10.2. The Labute approximate surface area is 101 Å². The first-order chi connectivity index (χ1) is 7.61. The number of nitrogens with one attached hydrogen (secondary N) is 1. The molecule has 1 amide bonds. The van der Waals surface area contributed by atoms with Crippen LogP contribution >= 0.6 is 11.6 Å². The first-order valence-corrected chi connectivity index (χ1v) is 5.71. The van der Waals surface area contributed by atoms with Gasteiger partial charge < -0.3 is 10.1 Å². The molecule has 1 unspecified atom stereocenters. The van der Waals surface area contributed by atoms with Gasteiger partial charge in [0, 0.05) is 0 Å². The van der Waals surface area contributed by atoms with Gasteiger partial charge in [-0.15, -0.1) is 11.6 Å². The van der Waals surface area contributed by atoms with Gasteiger partial charge in [0.25, 0.3) is 0 Å². The van der Waals surface area contributed by atoms with E-state index in [0.29, 0.717) is 6.54 Å². The molecule has 16 heavy (non-hydrogen) atoms. The van der Waals surface area contributed by atoms with E-state index in [2.05, 4.69) is 5.32 Å². The Morgan fingerprint density at radius 2 is 2.06 bits per heavy atom. The molecule has 0 radical (unpaired) electrons. The zero-order valence-electron chi connectivity index (χ0n) is 9.50. The molecule has 0 saturated heterocycles. The van der Waals surface area contributed by atoms with Gasteiger partial charge in [-0.2, -0.15) is 0 Å². The predicted molar refractivity (Wildman–Crippen MR) is 65.0 cm³/mol. The molecule has 1 N–H and O–H groups in total. The molecule has 0 aliphatic carbocycles. The Bertz CT molecular complexity index is 337. The molecule has 0 aliphatic heterocycles. The summed E-state index contributed by atoms with van der Waals surface area (Å²) in [5.41, 5.74) is 1.19. The third-order valence-corrected chi connectivity index (χ3v) is 2.31. The molecular formula is C12H16ClNO2. The summed E-state index contributed by atoms with van der Waals surface area (Å²) in [5, 5.41) is 2.67. The maximum atomic E-state index is 10.9. The van der Waals surface area contributed by atoms with Gasteiger partial charge in [-0.1, -0.05) is 17.7 Å². The lowest BCUT2D eigenvalue weighted by molar-refractivity contribution is -0.119. The van der Waals surface area contributed by atoms with Gasteiger partial charge in [-0.05, 0) is 26.0 Å². The van der Waals surface area contributed by atoms with Gasteiger partial charge in [0.15, 0.2) is 0 Å². The number of ether oxygens (including phenoxy) is 1. The van der Waals surface area contributed by atoms with Crippen LogP contribution in [-0.4, -0.2) is 24.4 Å². The fourth-order valence-electron chi connectivity index (χ4n) is 1.20. The largest absolute Gasteiger partial charge is 0.489 e. The van der Waals surface area contributed by atoms with Gasteiger partial charge in [-0.25, -0.2) is 0 Å². The summed E-state index contributed by atoms with van der Waals surface area (Å²) in [4.78, 5) is 10.9. The molecule has 0 aromatic heterocycles. The average Bonchev–Trinajstić information content (AvgIpc) is 2.29. The number of halogens is 1. The SMILES string of the molecule is Cc1ccc(OC(C)CNC(=O)CCl)cc1. The van der Waals surface area contributed by atoms with Crippen molar-refractivity contribution in [3.8, 4) is 5.75 Å². The Kier molecular flexibility index (Phi) is 5.12. The fraction of sp³-hybridized carbons (Fsp3) is 0.417. The van der Waals surface area contributed by atoms with Crippen LogP contribution in [0.25, 0.3) is 0 Å². The minimum atomic E-state index is -0.180. The van der Waals surface area contributed by atoms with E-state index in [4.69, 9.17) is 16.3 Å². The number of hydrogen-bond donors (Lipinski definition) is 1. The van der Waals surface area contributed by atoms with Crippen LogP contribution in [-0.2, 0) is 4.79 Å². The van der Waals surface area contributed by atoms with Crippen molar-refractivity contribution < 1.29 is 9.53 Å². The molecule has 0 heterocycles. The van der Waals surface area contributed by atoms with Gasteiger partial charge in [0.2, 0.25) is 5.91 Å². The van der Waals surface area contributed by atoms with Crippen molar-refractivity contribution >= 4 is 17.5 Å². The van der Waals surface area contributed by atoms with Crippen LogP contribution in [0, 0.1) is 6.92 Å². The predicted octanol–water partition coefficient (Wildman–Crippen LogP) is 2.12. The molecule has 1 aromatic carbocycles. The first kappa shape index (κ1) is 12.8. The molecule has 3 nitrogen and oxygen atoms in total. The number of carbonyl (C=O) groups is 1. The molecule has 0 fully saturated rings. The summed E-state index contributed by atoms with van der Waals surface area (Å²) in [6, 6.07) is 7.79. The smallest absolute Gasteiger partial charge is 0.235 e. The van der Waals surface area contributed by atoms with Crippen LogP contribution in [0.15, 0.2) is 24.3 Å². The van der Waals surface area contributed by atoms with Crippen LogP contribution < -0.4 is 10.1 Å². The van der Waals surface area contributed by atoms with E-state index in [1.807, 2.05) is 38.1 Å². The number of benzene rings is 1. The monoisotopic (exact) mass is 241 g/mol. The molecule has 1 rings (SSSR count). The molecular weight excluding hydrogens is 226 g/mol. The highest BCUT2D eigenvalue weighted by molar-refractivity contribution is 6.27. The van der Waals surface area contributed by atoms with E-state index in [0.717, 1.165) is 5.75 Å². The average molecular weight is 242 g/mol. The number of rotatable bonds is 5. The van der Waals surface area contributed by atoms with E-state index in [1.54, 1.807) is 0 Å². The second-order valence-corrected chi connectivity index (χ2v) is 3.95. The van der Waals surface area contributed by atoms with Crippen molar-refractivity contribution in [3.05, 3.63) is 29.8 Å². The molecule has 88 valence electrons. The van der Waals surface area contributed by atoms with Crippen molar-refractivity contribution in [2.75, 3.05) is 12.4 Å². The summed E-state index contributed by atoms with van der Waals surface area (Å²) in [6.45, 7) is 4.38. The molecule has 0 saturated carbocycles. The van der Waals surface area contributed by atoms with Crippen LogP contribution in [0.1, 0.15) is 12.5 Å². The van der Waals surface area contributed by atoms with Crippen LogP contribution in [0.5, 0.6) is 5.75 Å². The van der Waals surface area contributed by atoms with E-state index in [9.17, 15) is 4.79 Å². The van der Waals surface area contributed by atoms with Gasteiger partial charge in [0.1, 0.15) is 17.7 Å². The van der Waals surface area contributed by atoms with E-state index in [-0.39, 0.29) is 17.9 Å². The van der Waals surface area contributed by atoms with Crippen molar-refractivity contribution in [1.29, 1.82) is 0 Å². The molecule has 0 spiro atoms. The molecule has 0 aliphatic rings. The minimum Gasteiger partial charge on any atom is -0.489 e. The van der Waals surface area contributed by atoms with E-state index >= 15 is 0 Å². The minimum absolute atomic E-state index is 0.0166. The van der Waals surface area contributed by atoms with E-state index in [1.165, 1.54) is 5.56 Å². The van der Waals surface area contributed by atoms with Gasteiger partial charge in [0.05, 0.1) is 6.54 Å². The number of carbonyl (C=O) groups excluding carboxylic acids is 1. The van der Waals surface area contributed by atoms with Crippen molar-refractivity contribution in [2.45, 2.75) is 20.0 Å². The van der Waals surface area contributed by atoms with Crippen molar-refractivity contribution in [3.63, 3.8) is 0 Å². The summed E-state index contributed by atoms with van der Waals surface area (Å²) >= 11 is 5.36. The summed E-state index contributed by atoms with van der Waals surface area (Å²) in [5.74, 6) is 0.608. The Hall–Kier alpha value is -1.22. The zero-order valence-corrected chi connectivity index (χ0v) is 10.3. The summed E-state index contributed by atoms with van der Waals surface area (Å²) in [6.07, 6.45) is -0.0742. The molecule has 0 bridgehead atoms. The zero-order chi connectivity index (χ0) is 12.0.